The molecule has 2 aromatic heterocycles. The van der Waals surface area contributed by atoms with Crippen molar-refractivity contribution in [3.63, 3.8) is 0 Å². The van der Waals surface area contributed by atoms with Crippen LogP contribution in [0.2, 0.25) is 0 Å². The van der Waals surface area contributed by atoms with E-state index in [2.05, 4.69) is 33.7 Å². The predicted molar refractivity (Wildman–Crippen MR) is 100 cm³/mol. The second-order valence-electron chi connectivity index (χ2n) is 7.57. The fraction of sp³-hybridized carbons (Fsp3) is 0.500. The smallest absolute Gasteiger partial charge is 0.246 e. The Morgan fingerprint density at radius 1 is 1.31 bits per heavy atom. The van der Waals surface area contributed by atoms with Crippen molar-refractivity contribution in [1.29, 1.82) is 0 Å². The van der Waals surface area contributed by atoms with Gasteiger partial charge in [0, 0.05) is 55.8 Å². The monoisotopic (exact) mass is 352 g/mol. The minimum Gasteiger partial charge on any atom is -0.381 e. The first-order valence-corrected chi connectivity index (χ1v) is 9.49. The number of amides is 1. The molecule has 0 radical (unpaired) electrons. The second-order valence-corrected chi connectivity index (χ2v) is 7.57. The van der Waals surface area contributed by atoms with Crippen LogP contribution in [0.1, 0.15) is 30.7 Å². The van der Waals surface area contributed by atoms with Crippen LogP contribution in [0.5, 0.6) is 0 Å². The molecule has 0 aliphatic carbocycles. The van der Waals surface area contributed by atoms with Gasteiger partial charge in [0.2, 0.25) is 5.91 Å². The SMILES string of the molecule is C=CC(=O)N1C[C@@H]2C[C@H]1CN2c1ccnc2[nH]cc(C3CCOCC3)c12. The van der Waals surface area contributed by atoms with Crippen LogP contribution in [0.3, 0.4) is 0 Å². The Hall–Kier alpha value is -2.34. The number of aromatic nitrogens is 2. The number of carbonyl (C=O) groups is 1. The van der Waals surface area contributed by atoms with E-state index in [0.717, 1.165) is 51.2 Å². The topological polar surface area (TPSA) is 61.5 Å². The number of hydrogen-bond acceptors (Lipinski definition) is 4. The summed E-state index contributed by atoms with van der Waals surface area (Å²) in [4.78, 5) is 24.4. The van der Waals surface area contributed by atoms with Gasteiger partial charge in [-0.2, -0.15) is 0 Å². The van der Waals surface area contributed by atoms with Crippen molar-refractivity contribution >= 4 is 22.6 Å². The van der Waals surface area contributed by atoms with Gasteiger partial charge in [-0.15, -0.1) is 0 Å². The highest BCUT2D eigenvalue weighted by molar-refractivity contribution is 5.94. The maximum atomic E-state index is 12.0. The molecule has 5 heterocycles. The van der Waals surface area contributed by atoms with E-state index >= 15 is 0 Å². The normalized spacial score (nSPS) is 26.0. The summed E-state index contributed by atoms with van der Waals surface area (Å²) in [6.45, 7) is 6.98. The number of nitrogens with one attached hydrogen (secondary N) is 1. The summed E-state index contributed by atoms with van der Waals surface area (Å²) in [6, 6.07) is 2.81. The highest BCUT2D eigenvalue weighted by atomic mass is 16.5. The van der Waals surface area contributed by atoms with Crippen molar-refractivity contribution in [3.05, 3.63) is 36.7 Å². The molecule has 1 amide bonds. The van der Waals surface area contributed by atoms with Gasteiger partial charge in [0.05, 0.1) is 6.04 Å². The lowest BCUT2D eigenvalue weighted by molar-refractivity contribution is -0.127. The van der Waals surface area contributed by atoms with Crippen molar-refractivity contribution in [3.8, 4) is 0 Å². The number of piperazine rings is 1. The van der Waals surface area contributed by atoms with Crippen LogP contribution in [0.25, 0.3) is 11.0 Å². The molecule has 0 aromatic carbocycles. The summed E-state index contributed by atoms with van der Waals surface area (Å²) in [5.41, 5.74) is 3.59. The minimum absolute atomic E-state index is 0.0570. The maximum Gasteiger partial charge on any atom is 0.246 e. The Kier molecular flexibility index (Phi) is 3.74. The van der Waals surface area contributed by atoms with Crippen molar-refractivity contribution < 1.29 is 9.53 Å². The van der Waals surface area contributed by atoms with E-state index in [1.165, 1.54) is 22.7 Å². The average molecular weight is 352 g/mol. The van der Waals surface area contributed by atoms with Crippen LogP contribution in [0.15, 0.2) is 31.1 Å². The summed E-state index contributed by atoms with van der Waals surface area (Å²) in [5, 5.41) is 1.26. The lowest BCUT2D eigenvalue weighted by Gasteiger charge is -2.35. The first-order valence-electron chi connectivity index (χ1n) is 9.49. The fourth-order valence-electron chi connectivity index (χ4n) is 4.98. The number of fused-ring (bicyclic) bond motifs is 3. The number of hydrogen-bond donors (Lipinski definition) is 1. The standard InChI is InChI=1S/C20H24N4O2/c1-2-18(25)24-12-14-9-15(24)11-23(14)17-3-6-21-20-19(17)16(10-22-20)13-4-7-26-8-5-13/h2-3,6,10,13-15H,1,4-5,7-9,11-12H2,(H,21,22)/t14-,15-/m0/s1. The van der Waals surface area contributed by atoms with Gasteiger partial charge in [-0.25, -0.2) is 4.98 Å². The molecule has 6 nitrogen and oxygen atoms in total. The Morgan fingerprint density at radius 2 is 2.15 bits per heavy atom. The van der Waals surface area contributed by atoms with Gasteiger partial charge in [0.1, 0.15) is 5.65 Å². The third-order valence-electron chi connectivity index (χ3n) is 6.25. The molecular formula is C20H24N4O2. The van der Waals surface area contributed by atoms with Gasteiger partial charge in [-0.3, -0.25) is 4.79 Å². The second kappa shape index (κ2) is 6.13. The zero-order chi connectivity index (χ0) is 17.7. The highest BCUT2D eigenvalue weighted by Crippen LogP contribution is 2.41. The molecule has 3 aliphatic rings. The van der Waals surface area contributed by atoms with E-state index in [1.54, 1.807) is 0 Å². The van der Waals surface area contributed by atoms with Gasteiger partial charge in [-0.05, 0) is 42.9 Å². The molecule has 5 rings (SSSR count). The van der Waals surface area contributed by atoms with Crippen LogP contribution >= 0.6 is 0 Å². The Balaban J connectivity index is 1.50. The number of likely N-dealkylation sites (tertiary alicyclic amines) is 1. The van der Waals surface area contributed by atoms with Gasteiger partial charge in [0.15, 0.2) is 0 Å². The summed E-state index contributed by atoms with van der Waals surface area (Å²) < 4.78 is 5.54. The molecule has 136 valence electrons. The molecule has 3 saturated heterocycles. The lowest BCUT2D eigenvalue weighted by atomic mass is 9.91. The predicted octanol–water partition coefficient (Wildman–Crippen LogP) is 2.43. The molecular weight excluding hydrogens is 328 g/mol. The Morgan fingerprint density at radius 3 is 2.88 bits per heavy atom. The number of aromatic amines is 1. The summed E-state index contributed by atoms with van der Waals surface area (Å²) in [5.74, 6) is 0.584. The first-order chi connectivity index (χ1) is 12.8. The largest absolute Gasteiger partial charge is 0.381 e. The summed E-state index contributed by atoms with van der Waals surface area (Å²) >= 11 is 0. The zero-order valence-corrected chi connectivity index (χ0v) is 14.9. The van der Waals surface area contributed by atoms with Gasteiger partial charge < -0.3 is 19.5 Å². The van der Waals surface area contributed by atoms with Crippen molar-refractivity contribution in [1.82, 2.24) is 14.9 Å². The van der Waals surface area contributed by atoms with E-state index in [-0.39, 0.29) is 5.91 Å². The van der Waals surface area contributed by atoms with E-state index < -0.39 is 0 Å². The van der Waals surface area contributed by atoms with Gasteiger partial charge in [0.25, 0.3) is 0 Å². The maximum absolute atomic E-state index is 12.0. The number of H-pyrrole nitrogens is 1. The van der Waals surface area contributed by atoms with Crippen LogP contribution < -0.4 is 4.90 Å². The zero-order valence-electron chi connectivity index (χ0n) is 14.9. The van der Waals surface area contributed by atoms with Crippen molar-refractivity contribution in [2.75, 3.05) is 31.2 Å². The number of nitrogens with zero attached hydrogens (tertiary/aromatic N) is 3. The Labute approximate surface area is 152 Å². The minimum atomic E-state index is 0.0570. The van der Waals surface area contributed by atoms with Crippen LogP contribution in [0.4, 0.5) is 5.69 Å². The first kappa shape index (κ1) is 15.9. The molecule has 3 fully saturated rings. The van der Waals surface area contributed by atoms with Gasteiger partial charge >= 0.3 is 0 Å². The van der Waals surface area contributed by atoms with E-state index in [0.29, 0.717) is 18.0 Å². The third kappa shape index (κ3) is 2.35. The van der Waals surface area contributed by atoms with E-state index in [1.807, 2.05) is 11.1 Å². The van der Waals surface area contributed by atoms with E-state index in [4.69, 9.17) is 4.74 Å². The molecule has 0 spiro atoms. The van der Waals surface area contributed by atoms with Crippen molar-refractivity contribution in [2.45, 2.75) is 37.3 Å². The molecule has 2 bridgehead atoms. The van der Waals surface area contributed by atoms with E-state index in [9.17, 15) is 4.79 Å². The van der Waals surface area contributed by atoms with Crippen LogP contribution in [-0.4, -0.2) is 59.2 Å². The lowest BCUT2D eigenvalue weighted by Crippen LogP contribution is -2.48. The molecule has 6 heteroatoms. The number of pyridine rings is 1. The van der Waals surface area contributed by atoms with Gasteiger partial charge in [-0.1, -0.05) is 6.58 Å². The number of anilines is 1. The highest BCUT2D eigenvalue weighted by Gasteiger charge is 2.45. The number of carbonyl (C=O) groups excluding carboxylic acids is 1. The summed E-state index contributed by atoms with van der Waals surface area (Å²) in [7, 11) is 0. The fourth-order valence-corrected chi connectivity index (χ4v) is 4.98. The number of rotatable bonds is 3. The molecule has 2 aromatic rings. The molecule has 3 aliphatic heterocycles. The molecule has 2 atom stereocenters. The average Bonchev–Trinajstić information content (AvgIpc) is 3.41. The van der Waals surface area contributed by atoms with Crippen LogP contribution in [-0.2, 0) is 9.53 Å². The quantitative estimate of drug-likeness (QED) is 0.862. The van der Waals surface area contributed by atoms with Crippen molar-refractivity contribution in [2.24, 2.45) is 0 Å². The number of ether oxygens (including phenoxy) is 1. The third-order valence-corrected chi connectivity index (χ3v) is 6.25. The van der Waals surface area contributed by atoms with Crippen LogP contribution in [0, 0.1) is 0 Å². The Bertz CT molecular complexity index is 855. The molecule has 1 N–H and O–H groups in total. The summed E-state index contributed by atoms with van der Waals surface area (Å²) in [6.07, 6.45) is 8.63. The molecule has 0 saturated carbocycles. The molecule has 0 unspecified atom stereocenters. The molecule has 26 heavy (non-hydrogen) atoms.